The first kappa shape index (κ1) is 14.1. The number of thiazole rings is 1. The summed E-state index contributed by atoms with van der Waals surface area (Å²) in [7, 11) is 0. The molecule has 1 atom stereocenters. The van der Waals surface area contributed by atoms with E-state index in [0.717, 1.165) is 24.4 Å². The van der Waals surface area contributed by atoms with Gasteiger partial charge in [-0.2, -0.15) is 0 Å². The number of aromatic nitrogens is 2. The van der Waals surface area contributed by atoms with Crippen LogP contribution in [0.5, 0.6) is 5.88 Å². The molecule has 0 radical (unpaired) electrons. The number of likely N-dealkylation sites (tertiary alicyclic amines) is 1. The molecule has 1 aliphatic heterocycles. The highest BCUT2D eigenvalue weighted by Crippen LogP contribution is 2.28. The Morgan fingerprint density at radius 3 is 3.24 bits per heavy atom. The fourth-order valence-electron chi connectivity index (χ4n) is 2.48. The fraction of sp³-hybridized carbons (Fsp3) is 0.500. The van der Waals surface area contributed by atoms with Gasteiger partial charge < -0.3 is 14.2 Å². The van der Waals surface area contributed by atoms with Crippen LogP contribution in [0.25, 0.3) is 0 Å². The molecule has 0 bridgehead atoms. The third-order valence-corrected chi connectivity index (χ3v) is 4.46. The number of carbonyl (C=O) groups excluding carboxylic acids is 1. The molecule has 0 unspecified atom stereocenters. The number of amides is 1. The van der Waals surface area contributed by atoms with Gasteiger partial charge in [0.1, 0.15) is 5.76 Å². The monoisotopic (exact) mass is 307 g/mol. The SMILES string of the molecule is Cc1cc(OCC(=O)N2CCC[C@@H](c3nccs3)C2)no1. The Morgan fingerprint density at radius 2 is 2.52 bits per heavy atom. The van der Waals surface area contributed by atoms with Gasteiger partial charge in [0.2, 0.25) is 0 Å². The van der Waals surface area contributed by atoms with E-state index in [1.807, 2.05) is 16.5 Å². The average Bonchev–Trinajstić information content (AvgIpc) is 3.16. The molecule has 6 nitrogen and oxygen atoms in total. The molecule has 1 fully saturated rings. The maximum Gasteiger partial charge on any atom is 0.260 e. The standard InChI is InChI=1S/C14H17N3O3S/c1-10-7-12(16-20-10)19-9-13(18)17-5-2-3-11(8-17)14-15-4-6-21-14/h4,6-7,11H,2-3,5,8-9H2,1H3/t11-/m1/s1. The summed E-state index contributed by atoms with van der Waals surface area (Å²) in [6.07, 6.45) is 3.90. The Kier molecular flexibility index (Phi) is 4.19. The second-order valence-corrected chi connectivity index (χ2v) is 6.04. The summed E-state index contributed by atoms with van der Waals surface area (Å²) in [4.78, 5) is 18.4. The van der Waals surface area contributed by atoms with Crippen molar-refractivity contribution in [3.63, 3.8) is 0 Å². The van der Waals surface area contributed by atoms with Crippen LogP contribution in [0.15, 0.2) is 22.2 Å². The summed E-state index contributed by atoms with van der Waals surface area (Å²) in [6, 6.07) is 1.67. The van der Waals surface area contributed by atoms with Gasteiger partial charge in [0.05, 0.1) is 5.01 Å². The summed E-state index contributed by atoms with van der Waals surface area (Å²) >= 11 is 1.65. The molecule has 0 N–H and O–H groups in total. The number of nitrogens with zero attached hydrogens (tertiary/aromatic N) is 3. The van der Waals surface area contributed by atoms with Gasteiger partial charge >= 0.3 is 0 Å². The van der Waals surface area contributed by atoms with Gasteiger partial charge in [-0.1, -0.05) is 0 Å². The van der Waals surface area contributed by atoms with Gasteiger partial charge in [-0.15, -0.1) is 11.3 Å². The highest BCUT2D eigenvalue weighted by atomic mass is 32.1. The van der Waals surface area contributed by atoms with Crippen molar-refractivity contribution in [2.24, 2.45) is 0 Å². The number of ether oxygens (including phenoxy) is 1. The Balaban J connectivity index is 1.54. The molecule has 0 aromatic carbocycles. The lowest BCUT2D eigenvalue weighted by molar-refractivity contribution is -0.134. The highest BCUT2D eigenvalue weighted by molar-refractivity contribution is 7.09. The van der Waals surface area contributed by atoms with Crippen LogP contribution in [-0.2, 0) is 4.79 Å². The molecule has 3 rings (SSSR count). The van der Waals surface area contributed by atoms with Gasteiger partial charge in [0.25, 0.3) is 11.8 Å². The van der Waals surface area contributed by atoms with E-state index in [1.54, 1.807) is 24.3 Å². The normalized spacial score (nSPS) is 18.7. The van der Waals surface area contributed by atoms with Crippen molar-refractivity contribution in [3.8, 4) is 5.88 Å². The molecular weight excluding hydrogens is 290 g/mol. The molecule has 112 valence electrons. The molecule has 0 saturated carbocycles. The quantitative estimate of drug-likeness (QED) is 0.866. The Morgan fingerprint density at radius 1 is 1.62 bits per heavy atom. The third kappa shape index (κ3) is 3.41. The van der Waals surface area contributed by atoms with E-state index >= 15 is 0 Å². The van der Waals surface area contributed by atoms with Gasteiger partial charge in [-0.05, 0) is 24.9 Å². The van der Waals surface area contributed by atoms with Crippen LogP contribution >= 0.6 is 11.3 Å². The summed E-state index contributed by atoms with van der Waals surface area (Å²) in [5.41, 5.74) is 0. The van der Waals surface area contributed by atoms with Crippen molar-refractivity contribution in [3.05, 3.63) is 28.4 Å². The smallest absolute Gasteiger partial charge is 0.260 e. The molecule has 2 aromatic rings. The van der Waals surface area contributed by atoms with E-state index in [2.05, 4.69) is 10.1 Å². The molecule has 21 heavy (non-hydrogen) atoms. The van der Waals surface area contributed by atoms with Crippen LogP contribution in [0.4, 0.5) is 0 Å². The van der Waals surface area contributed by atoms with Crippen molar-refractivity contribution in [2.75, 3.05) is 19.7 Å². The molecule has 1 aliphatic rings. The van der Waals surface area contributed by atoms with Gasteiger partial charge in [-0.25, -0.2) is 4.98 Å². The largest absolute Gasteiger partial charge is 0.465 e. The number of rotatable bonds is 4. The molecule has 0 aliphatic carbocycles. The molecule has 2 aromatic heterocycles. The van der Waals surface area contributed by atoms with E-state index in [4.69, 9.17) is 9.26 Å². The first-order valence-corrected chi connectivity index (χ1v) is 7.83. The number of hydrogen-bond acceptors (Lipinski definition) is 6. The molecular formula is C14H17N3O3S. The maximum atomic E-state index is 12.2. The number of piperidine rings is 1. The van der Waals surface area contributed by atoms with Crippen molar-refractivity contribution in [1.29, 1.82) is 0 Å². The van der Waals surface area contributed by atoms with E-state index in [-0.39, 0.29) is 12.5 Å². The minimum absolute atomic E-state index is 0.00341. The predicted molar refractivity (Wildman–Crippen MR) is 77.4 cm³/mol. The van der Waals surface area contributed by atoms with Crippen LogP contribution in [-0.4, -0.2) is 40.6 Å². The van der Waals surface area contributed by atoms with Crippen molar-refractivity contribution < 1.29 is 14.1 Å². The summed E-state index contributed by atoms with van der Waals surface area (Å²) in [6.45, 7) is 3.27. The number of carbonyl (C=O) groups is 1. The first-order valence-electron chi connectivity index (χ1n) is 6.95. The number of hydrogen-bond donors (Lipinski definition) is 0. The summed E-state index contributed by atoms with van der Waals surface area (Å²) in [5, 5.41) is 6.80. The van der Waals surface area contributed by atoms with Crippen molar-refractivity contribution >= 4 is 17.2 Å². The van der Waals surface area contributed by atoms with E-state index in [1.165, 1.54) is 0 Å². The third-order valence-electron chi connectivity index (χ3n) is 3.52. The Labute approximate surface area is 126 Å². The number of aryl methyl sites for hydroxylation is 1. The van der Waals surface area contributed by atoms with Crippen LogP contribution < -0.4 is 4.74 Å². The average molecular weight is 307 g/mol. The van der Waals surface area contributed by atoms with Crippen molar-refractivity contribution in [1.82, 2.24) is 15.0 Å². The lowest BCUT2D eigenvalue weighted by atomic mass is 9.99. The minimum Gasteiger partial charge on any atom is -0.465 e. The zero-order valence-corrected chi connectivity index (χ0v) is 12.6. The van der Waals surface area contributed by atoms with Gasteiger partial charge in [0.15, 0.2) is 6.61 Å². The summed E-state index contributed by atoms with van der Waals surface area (Å²) < 4.78 is 10.3. The molecule has 1 saturated heterocycles. The lowest BCUT2D eigenvalue weighted by Gasteiger charge is -2.31. The van der Waals surface area contributed by atoms with E-state index in [9.17, 15) is 4.79 Å². The van der Waals surface area contributed by atoms with Gasteiger partial charge in [0, 0.05) is 36.7 Å². The van der Waals surface area contributed by atoms with Crippen molar-refractivity contribution in [2.45, 2.75) is 25.7 Å². The lowest BCUT2D eigenvalue weighted by Crippen LogP contribution is -2.41. The molecule has 0 spiro atoms. The highest BCUT2D eigenvalue weighted by Gasteiger charge is 2.26. The Hall–Kier alpha value is -1.89. The summed E-state index contributed by atoms with van der Waals surface area (Å²) in [5.74, 6) is 1.35. The molecule has 7 heteroatoms. The second kappa shape index (κ2) is 6.26. The fourth-order valence-corrected chi connectivity index (χ4v) is 3.25. The minimum atomic E-state index is -0.0168. The second-order valence-electron chi connectivity index (χ2n) is 5.11. The van der Waals surface area contributed by atoms with Crippen LogP contribution in [0.1, 0.15) is 29.5 Å². The van der Waals surface area contributed by atoms with Gasteiger partial charge in [-0.3, -0.25) is 4.79 Å². The van der Waals surface area contributed by atoms with Crippen LogP contribution in [0.3, 0.4) is 0 Å². The van der Waals surface area contributed by atoms with E-state index in [0.29, 0.717) is 24.1 Å². The molecule has 1 amide bonds. The maximum absolute atomic E-state index is 12.2. The zero-order chi connectivity index (χ0) is 14.7. The van der Waals surface area contributed by atoms with Crippen LogP contribution in [0.2, 0.25) is 0 Å². The molecule has 3 heterocycles. The topological polar surface area (TPSA) is 68.5 Å². The zero-order valence-electron chi connectivity index (χ0n) is 11.8. The Bertz CT molecular complexity index is 596. The van der Waals surface area contributed by atoms with Crippen LogP contribution in [0, 0.1) is 6.92 Å². The first-order chi connectivity index (χ1) is 10.2. The van der Waals surface area contributed by atoms with E-state index < -0.39 is 0 Å². The predicted octanol–water partition coefficient (Wildman–Crippen LogP) is 2.22.